The molecule has 1 unspecified atom stereocenters. The molecule has 0 amide bonds. The summed E-state index contributed by atoms with van der Waals surface area (Å²) in [4.78, 5) is 0. The lowest BCUT2D eigenvalue weighted by Crippen LogP contribution is -2.25. The lowest BCUT2D eigenvalue weighted by Gasteiger charge is -2.28. The maximum absolute atomic E-state index is 6.14. The summed E-state index contributed by atoms with van der Waals surface area (Å²) in [5, 5.41) is 0. The third-order valence-electron chi connectivity index (χ3n) is 3.25. The van der Waals surface area contributed by atoms with Crippen molar-refractivity contribution in [1.82, 2.24) is 0 Å². The molecule has 1 aliphatic rings. The van der Waals surface area contributed by atoms with Gasteiger partial charge in [-0.2, -0.15) is 0 Å². The van der Waals surface area contributed by atoms with Gasteiger partial charge in [0, 0.05) is 13.0 Å². The molecule has 0 spiro atoms. The van der Waals surface area contributed by atoms with Crippen LogP contribution >= 0.6 is 0 Å². The van der Waals surface area contributed by atoms with Crippen molar-refractivity contribution in [2.24, 2.45) is 0 Å². The van der Waals surface area contributed by atoms with E-state index in [0.29, 0.717) is 0 Å². The van der Waals surface area contributed by atoms with E-state index in [-0.39, 0.29) is 5.60 Å². The quantitative estimate of drug-likeness (QED) is 0.521. The highest BCUT2D eigenvalue weighted by Crippen LogP contribution is 2.40. The van der Waals surface area contributed by atoms with Crippen LogP contribution in [0.1, 0.15) is 37.3 Å². The normalized spacial score (nSPS) is 21.5. The van der Waals surface area contributed by atoms with Crippen molar-refractivity contribution in [3.8, 4) is 0 Å². The Morgan fingerprint density at radius 3 is 2.94 bits per heavy atom. The van der Waals surface area contributed by atoms with Crippen LogP contribution in [0.15, 0.2) is 43.0 Å². The second-order valence-electron chi connectivity index (χ2n) is 4.50. The predicted octanol–water partition coefficient (Wildman–Crippen LogP) is 4.30. The van der Waals surface area contributed by atoms with Crippen molar-refractivity contribution < 1.29 is 4.74 Å². The Balaban J connectivity index is 2.24. The van der Waals surface area contributed by atoms with Crippen molar-refractivity contribution in [2.75, 3.05) is 6.61 Å². The van der Waals surface area contributed by atoms with Gasteiger partial charge in [0.15, 0.2) is 0 Å². The highest BCUT2D eigenvalue weighted by atomic mass is 16.5. The Bertz CT molecular complexity index is 419. The number of hydrogen-bond donors (Lipinski definition) is 0. The second kappa shape index (κ2) is 5.33. The summed E-state index contributed by atoms with van der Waals surface area (Å²) < 4.78 is 6.14. The van der Waals surface area contributed by atoms with Gasteiger partial charge in [0.1, 0.15) is 5.60 Å². The van der Waals surface area contributed by atoms with Gasteiger partial charge < -0.3 is 4.74 Å². The van der Waals surface area contributed by atoms with Gasteiger partial charge >= 0.3 is 0 Å². The molecular weight excluding hydrogens is 208 g/mol. The van der Waals surface area contributed by atoms with Gasteiger partial charge in [-0.1, -0.05) is 49.8 Å². The summed E-state index contributed by atoms with van der Waals surface area (Å²) in [5.74, 6) is 0. The molecule has 0 saturated heterocycles. The zero-order valence-electron chi connectivity index (χ0n) is 10.5. The van der Waals surface area contributed by atoms with E-state index >= 15 is 0 Å². The van der Waals surface area contributed by atoms with E-state index in [1.807, 2.05) is 6.08 Å². The van der Waals surface area contributed by atoms with Crippen molar-refractivity contribution in [3.63, 3.8) is 0 Å². The van der Waals surface area contributed by atoms with Crippen LogP contribution in [0.3, 0.4) is 0 Å². The molecule has 0 heterocycles. The number of hydrogen-bond acceptors (Lipinski definition) is 1. The topological polar surface area (TPSA) is 9.23 Å². The average Bonchev–Trinajstić information content (AvgIpc) is 2.71. The number of benzene rings is 1. The van der Waals surface area contributed by atoms with Gasteiger partial charge in [0.2, 0.25) is 0 Å². The Hall–Kier alpha value is -1.34. The first-order chi connectivity index (χ1) is 8.32. The zero-order valence-corrected chi connectivity index (χ0v) is 10.5. The van der Waals surface area contributed by atoms with Gasteiger partial charge in [-0.05, 0) is 23.6 Å². The molecule has 1 nitrogen and oxygen atoms in total. The molecule has 1 aliphatic carbocycles. The Morgan fingerprint density at radius 2 is 2.18 bits per heavy atom. The van der Waals surface area contributed by atoms with Crippen LogP contribution in [0, 0.1) is 0 Å². The van der Waals surface area contributed by atoms with Gasteiger partial charge in [-0.15, -0.1) is 6.58 Å². The van der Waals surface area contributed by atoms with Crippen LogP contribution in [0.2, 0.25) is 0 Å². The molecule has 1 aromatic carbocycles. The number of ether oxygens (including phenoxy) is 1. The minimum atomic E-state index is -0.270. The molecule has 90 valence electrons. The van der Waals surface area contributed by atoms with E-state index in [4.69, 9.17) is 4.74 Å². The third kappa shape index (κ3) is 2.34. The molecule has 0 saturated carbocycles. The first-order valence-electron chi connectivity index (χ1n) is 6.36. The lowest BCUT2D eigenvalue weighted by molar-refractivity contribution is -0.00931. The van der Waals surface area contributed by atoms with E-state index in [1.165, 1.54) is 11.1 Å². The van der Waals surface area contributed by atoms with E-state index in [2.05, 4.69) is 49.9 Å². The highest BCUT2D eigenvalue weighted by Gasteiger charge is 2.34. The fourth-order valence-electron chi connectivity index (χ4n) is 2.32. The Morgan fingerprint density at radius 1 is 1.35 bits per heavy atom. The molecule has 0 aliphatic heterocycles. The molecule has 17 heavy (non-hydrogen) atoms. The van der Waals surface area contributed by atoms with Crippen LogP contribution in [0.4, 0.5) is 0 Å². The second-order valence-corrected chi connectivity index (χ2v) is 4.50. The lowest BCUT2D eigenvalue weighted by atomic mass is 9.92. The maximum Gasteiger partial charge on any atom is 0.115 e. The standard InChI is InChI=1S/C16H20O/c1-3-5-13-17-16(11-4-2)12-10-14-8-6-7-9-15(14)16/h4,6-10,12H,2-3,5,11,13H2,1H3. The van der Waals surface area contributed by atoms with Gasteiger partial charge in [0.05, 0.1) is 0 Å². The van der Waals surface area contributed by atoms with Crippen LogP contribution in [-0.4, -0.2) is 6.61 Å². The van der Waals surface area contributed by atoms with Crippen LogP contribution in [0.25, 0.3) is 6.08 Å². The van der Waals surface area contributed by atoms with E-state index < -0.39 is 0 Å². The van der Waals surface area contributed by atoms with Gasteiger partial charge in [-0.3, -0.25) is 0 Å². The van der Waals surface area contributed by atoms with Gasteiger partial charge in [-0.25, -0.2) is 0 Å². The monoisotopic (exact) mass is 228 g/mol. The number of fused-ring (bicyclic) bond motifs is 1. The molecule has 0 radical (unpaired) electrons. The van der Waals surface area contributed by atoms with Crippen LogP contribution in [0.5, 0.6) is 0 Å². The molecular formula is C16H20O. The van der Waals surface area contributed by atoms with E-state index in [9.17, 15) is 0 Å². The summed E-state index contributed by atoms with van der Waals surface area (Å²) in [6.45, 7) is 6.85. The van der Waals surface area contributed by atoms with Crippen molar-refractivity contribution in [3.05, 3.63) is 54.1 Å². The first kappa shape index (κ1) is 12.1. The molecule has 0 bridgehead atoms. The summed E-state index contributed by atoms with van der Waals surface area (Å²) >= 11 is 0. The SMILES string of the molecule is C=CCC1(OCCCC)C=Cc2ccccc21. The number of unbranched alkanes of at least 4 members (excludes halogenated alkanes) is 1. The maximum atomic E-state index is 6.14. The van der Waals surface area contributed by atoms with Gasteiger partial charge in [0.25, 0.3) is 0 Å². The molecule has 0 fully saturated rings. The van der Waals surface area contributed by atoms with Crippen molar-refractivity contribution >= 4 is 6.08 Å². The average molecular weight is 228 g/mol. The Labute approximate surface area is 104 Å². The van der Waals surface area contributed by atoms with Crippen molar-refractivity contribution in [1.29, 1.82) is 0 Å². The molecule has 2 rings (SSSR count). The molecule has 0 N–H and O–H groups in total. The minimum Gasteiger partial charge on any atom is -0.366 e. The smallest absolute Gasteiger partial charge is 0.115 e. The molecule has 1 atom stereocenters. The molecule has 1 aromatic rings. The summed E-state index contributed by atoms with van der Waals surface area (Å²) in [6.07, 6.45) is 9.38. The largest absolute Gasteiger partial charge is 0.366 e. The fourth-order valence-corrected chi connectivity index (χ4v) is 2.32. The first-order valence-corrected chi connectivity index (χ1v) is 6.36. The summed E-state index contributed by atoms with van der Waals surface area (Å²) in [6, 6.07) is 8.44. The van der Waals surface area contributed by atoms with Crippen LogP contribution < -0.4 is 0 Å². The molecule has 0 aromatic heterocycles. The van der Waals surface area contributed by atoms with E-state index in [0.717, 1.165) is 25.9 Å². The zero-order chi connectivity index (χ0) is 12.1. The fraction of sp³-hybridized carbons (Fsp3) is 0.375. The third-order valence-corrected chi connectivity index (χ3v) is 3.25. The van der Waals surface area contributed by atoms with Crippen molar-refractivity contribution in [2.45, 2.75) is 31.8 Å². The minimum absolute atomic E-state index is 0.270. The highest BCUT2D eigenvalue weighted by molar-refractivity contribution is 5.64. The molecule has 1 heteroatoms. The number of rotatable bonds is 6. The van der Waals surface area contributed by atoms with E-state index in [1.54, 1.807) is 0 Å². The summed E-state index contributed by atoms with van der Waals surface area (Å²) in [5.41, 5.74) is 2.27. The Kier molecular flexibility index (Phi) is 3.80. The predicted molar refractivity (Wildman–Crippen MR) is 72.8 cm³/mol. The van der Waals surface area contributed by atoms with Crippen LogP contribution in [-0.2, 0) is 10.3 Å². The summed E-state index contributed by atoms with van der Waals surface area (Å²) in [7, 11) is 0.